The number of hydrogen-bond donors (Lipinski definition) is 1. The van der Waals surface area contributed by atoms with Crippen LogP contribution in [0.5, 0.6) is 5.75 Å². The molecule has 0 aliphatic carbocycles. The van der Waals surface area contributed by atoms with Crippen LogP contribution < -0.4 is 10.1 Å². The van der Waals surface area contributed by atoms with Gasteiger partial charge >= 0.3 is 0 Å². The van der Waals surface area contributed by atoms with Crippen molar-refractivity contribution >= 4 is 0 Å². The van der Waals surface area contributed by atoms with Crippen molar-refractivity contribution in [3.8, 4) is 5.75 Å². The molecular weight excluding hydrogens is 262 g/mol. The van der Waals surface area contributed by atoms with Gasteiger partial charge in [0, 0.05) is 19.2 Å². The molecule has 1 aliphatic rings. The van der Waals surface area contributed by atoms with Gasteiger partial charge in [0.15, 0.2) is 0 Å². The lowest BCUT2D eigenvalue weighted by molar-refractivity contribution is 0.207. The van der Waals surface area contributed by atoms with Crippen molar-refractivity contribution in [2.45, 2.75) is 39.5 Å². The number of ether oxygens (including phenoxy) is 1. The molecule has 1 aromatic carbocycles. The van der Waals surface area contributed by atoms with Gasteiger partial charge in [0.2, 0.25) is 0 Å². The van der Waals surface area contributed by atoms with E-state index in [1.165, 1.54) is 11.3 Å². The van der Waals surface area contributed by atoms with Gasteiger partial charge in [-0.05, 0) is 24.1 Å². The molecule has 0 spiro atoms. The Labute approximate surface area is 126 Å². The molecule has 0 bridgehead atoms. The van der Waals surface area contributed by atoms with Gasteiger partial charge in [0.05, 0.1) is 18.6 Å². The predicted molar refractivity (Wildman–Crippen MR) is 83.3 cm³/mol. The molecule has 3 rings (SSSR count). The molecule has 2 aromatic rings. The molecule has 1 unspecified atom stereocenters. The molecule has 4 nitrogen and oxygen atoms in total. The molecule has 0 saturated carbocycles. The van der Waals surface area contributed by atoms with E-state index in [0.29, 0.717) is 5.92 Å². The Morgan fingerprint density at radius 3 is 3.05 bits per heavy atom. The highest BCUT2D eigenvalue weighted by Crippen LogP contribution is 2.28. The molecule has 1 aromatic heterocycles. The molecule has 0 amide bonds. The van der Waals surface area contributed by atoms with Gasteiger partial charge in [-0.1, -0.05) is 32.0 Å². The fraction of sp³-hybridized carbons (Fsp3) is 0.471. The van der Waals surface area contributed by atoms with Crippen LogP contribution in [0.25, 0.3) is 0 Å². The van der Waals surface area contributed by atoms with E-state index in [-0.39, 0.29) is 6.10 Å². The highest BCUT2D eigenvalue weighted by molar-refractivity contribution is 5.37. The van der Waals surface area contributed by atoms with Crippen LogP contribution in [0.1, 0.15) is 25.1 Å². The van der Waals surface area contributed by atoms with Crippen LogP contribution >= 0.6 is 0 Å². The average Bonchev–Trinajstić information content (AvgIpc) is 3.05. The molecule has 0 fully saturated rings. The highest BCUT2D eigenvalue weighted by Gasteiger charge is 2.23. The number of nitrogens with one attached hydrogen (secondary N) is 1. The highest BCUT2D eigenvalue weighted by atomic mass is 16.5. The third kappa shape index (κ3) is 3.45. The number of hydrogen-bond acceptors (Lipinski definition) is 3. The Hall–Kier alpha value is -1.81. The van der Waals surface area contributed by atoms with Crippen molar-refractivity contribution in [1.82, 2.24) is 14.9 Å². The van der Waals surface area contributed by atoms with E-state index in [2.05, 4.69) is 40.8 Å². The summed E-state index contributed by atoms with van der Waals surface area (Å²) in [7, 11) is 0. The maximum atomic E-state index is 6.01. The molecule has 4 heteroatoms. The predicted octanol–water partition coefficient (Wildman–Crippen LogP) is 2.63. The number of nitrogens with zero attached hydrogens (tertiary/aromatic N) is 2. The molecule has 0 radical (unpaired) electrons. The first-order chi connectivity index (χ1) is 10.2. The molecule has 112 valence electrons. The zero-order chi connectivity index (χ0) is 14.7. The Morgan fingerprint density at radius 2 is 2.24 bits per heavy atom. The summed E-state index contributed by atoms with van der Waals surface area (Å²) in [4.78, 5) is 4.28. The molecule has 1 N–H and O–H groups in total. The van der Waals surface area contributed by atoms with E-state index in [9.17, 15) is 0 Å². The SMILES string of the molecule is CC(C)CNCc1cncn1CC1Cc2ccccc2O1. The van der Waals surface area contributed by atoms with Gasteiger partial charge in [0.1, 0.15) is 11.9 Å². The molecule has 1 atom stereocenters. The number of benzene rings is 1. The summed E-state index contributed by atoms with van der Waals surface area (Å²) in [5.74, 6) is 1.69. The Balaban J connectivity index is 1.58. The lowest BCUT2D eigenvalue weighted by Crippen LogP contribution is -2.25. The largest absolute Gasteiger partial charge is 0.488 e. The molecule has 2 heterocycles. The Bertz CT molecular complexity index is 566. The second kappa shape index (κ2) is 6.31. The molecule has 0 saturated heterocycles. The maximum Gasteiger partial charge on any atom is 0.123 e. The summed E-state index contributed by atoms with van der Waals surface area (Å²) in [6, 6.07) is 8.30. The van der Waals surface area contributed by atoms with Crippen molar-refractivity contribution in [1.29, 1.82) is 0 Å². The van der Waals surface area contributed by atoms with Crippen LogP contribution in [-0.2, 0) is 19.5 Å². The van der Waals surface area contributed by atoms with Crippen LogP contribution in [0.4, 0.5) is 0 Å². The number of aromatic nitrogens is 2. The zero-order valence-electron chi connectivity index (χ0n) is 12.7. The summed E-state index contributed by atoms with van der Waals surface area (Å²) < 4.78 is 8.21. The van der Waals surface area contributed by atoms with E-state index in [1.807, 2.05) is 24.7 Å². The zero-order valence-corrected chi connectivity index (χ0v) is 12.7. The van der Waals surface area contributed by atoms with E-state index in [0.717, 1.165) is 31.8 Å². The Morgan fingerprint density at radius 1 is 1.38 bits per heavy atom. The second-order valence-corrected chi connectivity index (χ2v) is 6.11. The summed E-state index contributed by atoms with van der Waals surface area (Å²) in [5.41, 5.74) is 2.53. The summed E-state index contributed by atoms with van der Waals surface area (Å²) in [5, 5.41) is 3.47. The minimum atomic E-state index is 0.209. The number of para-hydroxylation sites is 1. The Kier molecular flexibility index (Phi) is 4.25. The minimum absolute atomic E-state index is 0.209. The van der Waals surface area contributed by atoms with Gasteiger partial charge in [0.25, 0.3) is 0 Å². The summed E-state index contributed by atoms with van der Waals surface area (Å²) in [6.45, 7) is 7.17. The summed E-state index contributed by atoms with van der Waals surface area (Å²) >= 11 is 0. The third-order valence-corrected chi connectivity index (χ3v) is 3.77. The first kappa shape index (κ1) is 14.1. The first-order valence-corrected chi connectivity index (χ1v) is 7.66. The van der Waals surface area contributed by atoms with Gasteiger partial charge in [-0.3, -0.25) is 0 Å². The van der Waals surface area contributed by atoms with Gasteiger partial charge < -0.3 is 14.6 Å². The summed E-state index contributed by atoms with van der Waals surface area (Å²) in [6.07, 6.45) is 5.03. The van der Waals surface area contributed by atoms with Crippen LogP contribution in [0, 0.1) is 5.92 Å². The minimum Gasteiger partial charge on any atom is -0.488 e. The van der Waals surface area contributed by atoms with Gasteiger partial charge in [-0.25, -0.2) is 4.98 Å². The first-order valence-electron chi connectivity index (χ1n) is 7.66. The lowest BCUT2D eigenvalue weighted by Gasteiger charge is -2.15. The van der Waals surface area contributed by atoms with Crippen molar-refractivity contribution in [2.24, 2.45) is 5.92 Å². The number of imidazole rings is 1. The fourth-order valence-corrected chi connectivity index (χ4v) is 2.72. The van der Waals surface area contributed by atoms with Crippen LogP contribution in [0.3, 0.4) is 0 Å². The van der Waals surface area contributed by atoms with Gasteiger partial charge in [-0.15, -0.1) is 0 Å². The smallest absolute Gasteiger partial charge is 0.123 e. The topological polar surface area (TPSA) is 39.1 Å². The average molecular weight is 285 g/mol. The molecular formula is C17H23N3O. The fourth-order valence-electron chi connectivity index (χ4n) is 2.72. The van der Waals surface area contributed by atoms with Crippen molar-refractivity contribution in [3.63, 3.8) is 0 Å². The van der Waals surface area contributed by atoms with E-state index >= 15 is 0 Å². The van der Waals surface area contributed by atoms with Gasteiger partial charge in [-0.2, -0.15) is 0 Å². The number of fused-ring (bicyclic) bond motifs is 1. The standard InChI is InChI=1S/C17H23N3O/c1-13(2)8-18-9-15-10-19-12-20(15)11-16-7-14-5-3-4-6-17(14)21-16/h3-6,10,12-13,16,18H,7-9,11H2,1-2H3. The molecule has 21 heavy (non-hydrogen) atoms. The van der Waals surface area contributed by atoms with Crippen molar-refractivity contribution in [3.05, 3.63) is 48.0 Å². The quantitative estimate of drug-likeness (QED) is 0.887. The lowest BCUT2D eigenvalue weighted by atomic mass is 10.1. The normalized spacial score (nSPS) is 17.0. The number of rotatable bonds is 6. The van der Waals surface area contributed by atoms with Crippen LogP contribution in [-0.4, -0.2) is 22.2 Å². The monoisotopic (exact) mass is 285 g/mol. The third-order valence-electron chi connectivity index (χ3n) is 3.77. The second-order valence-electron chi connectivity index (χ2n) is 6.11. The van der Waals surface area contributed by atoms with E-state index in [4.69, 9.17) is 4.74 Å². The van der Waals surface area contributed by atoms with Crippen molar-refractivity contribution < 1.29 is 4.74 Å². The van der Waals surface area contributed by atoms with E-state index < -0.39 is 0 Å². The maximum absolute atomic E-state index is 6.01. The molecule has 1 aliphatic heterocycles. The van der Waals surface area contributed by atoms with Crippen LogP contribution in [0.2, 0.25) is 0 Å². The van der Waals surface area contributed by atoms with Crippen molar-refractivity contribution in [2.75, 3.05) is 6.54 Å². The van der Waals surface area contributed by atoms with Crippen LogP contribution in [0.15, 0.2) is 36.8 Å². The van der Waals surface area contributed by atoms with E-state index in [1.54, 1.807) is 0 Å².